The summed E-state index contributed by atoms with van der Waals surface area (Å²) >= 11 is 5.89. The molecular formula is C23H21ClF3N7O4. The van der Waals surface area contributed by atoms with E-state index in [4.69, 9.17) is 21.5 Å². The fourth-order valence-electron chi connectivity index (χ4n) is 3.93. The number of hydrogen-bond donors (Lipinski definition) is 3. The van der Waals surface area contributed by atoms with E-state index in [9.17, 15) is 18.0 Å². The van der Waals surface area contributed by atoms with E-state index in [0.29, 0.717) is 11.1 Å². The summed E-state index contributed by atoms with van der Waals surface area (Å²) in [4.78, 5) is 34.8. The Morgan fingerprint density at radius 2 is 2.00 bits per heavy atom. The monoisotopic (exact) mass is 551 g/mol. The molecule has 1 fully saturated rings. The number of benzene rings is 1. The van der Waals surface area contributed by atoms with E-state index < -0.39 is 12.1 Å². The fraction of sp³-hybridized carbons (Fsp3) is 0.261. The Hall–Kier alpha value is -4.33. The second-order valence-electron chi connectivity index (χ2n) is 8.11. The van der Waals surface area contributed by atoms with Crippen molar-refractivity contribution in [3.8, 4) is 11.7 Å². The lowest BCUT2D eigenvalue weighted by Gasteiger charge is -2.33. The number of nitrogens with one attached hydrogen (secondary N) is 2. The zero-order valence-corrected chi connectivity index (χ0v) is 20.3. The molecule has 4 aromatic rings. The normalized spacial score (nSPS) is 14.1. The average Bonchev–Trinajstić information content (AvgIpc) is 3.52. The molecule has 1 aromatic carbocycles. The Labute approximate surface area is 218 Å². The van der Waals surface area contributed by atoms with Gasteiger partial charge in [-0.1, -0.05) is 17.7 Å². The molecule has 1 amide bonds. The van der Waals surface area contributed by atoms with Crippen LogP contribution in [0.1, 0.15) is 23.2 Å². The first kappa shape index (κ1) is 26.7. The number of anilines is 1. The van der Waals surface area contributed by atoms with Crippen molar-refractivity contribution in [2.45, 2.75) is 25.2 Å². The average molecular weight is 552 g/mol. The molecule has 0 atom stereocenters. The molecule has 1 aliphatic heterocycles. The molecule has 3 aromatic heterocycles. The van der Waals surface area contributed by atoms with Crippen LogP contribution in [-0.4, -0.2) is 67.7 Å². The van der Waals surface area contributed by atoms with Crippen molar-refractivity contribution in [1.82, 2.24) is 30.0 Å². The van der Waals surface area contributed by atoms with Gasteiger partial charge >= 0.3 is 6.36 Å². The van der Waals surface area contributed by atoms with Crippen LogP contribution in [0.15, 0.2) is 48.9 Å². The lowest BCUT2D eigenvalue weighted by atomic mass is 10.0. The number of amides is 1. The van der Waals surface area contributed by atoms with Crippen molar-refractivity contribution < 1.29 is 32.6 Å². The lowest BCUT2D eigenvalue weighted by Crippen LogP contribution is -2.44. The van der Waals surface area contributed by atoms with E-state index in [1.165, 1.54) is 23.1 Å². The number of carboxylic acid groups (broad SMARTS) is 1. The van der Waals surface area contributed by atoms with Crippen molar-refractivity contribution in [2.75, 3.05) is 18.0 Å². The molecule has 0 bridgehead atoms. The van der Waals surface area contributed by atoms with Gasteiger partial charge in [-0.15, -0.1) is 13.2 Å². The third-order valence-corrected chi connectivity index (χ3v) is 5.91. The summed E-state index contributed by atoms with van der Waals surface area (Å²) in [6, 6.07) is 8.16. The number of nitrogens with zero attached hydrogens (tertiary/aromatic N) is 5. The van der Waals surface area contributed by atoms with Gasteiger partial charge in [0.05, 0.1) is 27.8 Å². The third kappa shape index (κ3) is 6.51. The highest BCUT2D eigenvalue weighted by Gasteiger charge is 2.32. The Kier molecular flexibility index (Phi) is 8.00. The van der Waals surface area contributed by atoms with Crippen LogP contribution in [0.4, 0.5) is 19.0 Å². The number of aromatic amines is 1. The number of ether oxygens (including phenoxy) is 1. The minimum Gasteiger partial charge on any atom is -0.483 e. The first-order valence-electron chi connectivity index (χ1n) is 11.2. The van der Waals surface area contributed by atoms with E-state index >= 15 is 0 Å². The zero-order chi connectivity index (χ0) is 27.3. The molecule has 5 rings (SSSR count). The van der Waals surface area contributed by atoms with Gasteiger partial charge in [0.15, 0.2) is 0 Å². The zero-order valence-electron chi connectivity index (χ0n) is 19.5. The van der Waals surface area contributed by atoms with E-state index in [1.54, 1.807) is 6.20 Å². The van der Waals surface area contributed by atoms with Gasteiger partial charge in [0, 0.05) is 37.6 Å². The molecule has 0 spiro atoms. The van der Waals surface area contributed by atoms with E-state index in [0.717, 1.165) is 37.8 Å². The van der Waals surface area contributed by atoms with Gasteiger partial charge < -0.3 is 25.0 Å². The molecule has 0 radical (unpaired) electrons. The van der Waals surface area contributed by atoms with Crippen LogP contribution < -0.4 is 15.0 Å². The number of H-pyrrole nitrogens is 1. The molecular weight excluding hydrogens is 531 g/mol. The number of aromatic nitrogens is 5. The summed E-state index contributed by atoms with van der Waals surface area (Å²) in [7, 11) is 0. The van der Waals surface area contributed by atoms with Crippen molar-refractivity contribution >= 4 is 40.8 Å². The van der Waals surface area contributed by atoms with Crippen LogP contribution >= 0.6 is 11.6 Å². The highest BCUT2D eigenvalue weighted by molar-refractivity contribution is 6.32. The highest BCUT2D eigenvalue weighted by atomic mass is 35.5. The van der Waals surface area contributed by atoms with Gasteiger partial charge in [-0.25, -0.2) is 14.6 Å². The highest BCUT2D eigenvalue weighted by Crippen LogP contribution is 2.33. The number of rotatable bonds is 5. The van der Waals surface area contributed by atoms with E-state index in [-0.39, 0.29) is 34.9 Å². The van der Waals surface area contributed by atoms with Gasteiger partial charge in [0.25, 0.3) is 12.4 Å². The molecule has 4 heterocycles. The Balaban J connectivity index is 0.00000107. The van der Waals surface area contributed by atoms with Crippen LogP contribution in [-0.2, 0) is 4.79 Å². The maximum atomic E-state index is 12.7. The van der Waals surface area contributed by atoms with Gasteiger partial charge in [0.2, 0.25) is 5.95 Å². The third-order valence-electron chi connectivity index (χ3n) is 5.61. The minimum absolute atomic E-state index is 0.0196. The molecule has 15 heteroatoms. The van der Waals surface area contributed by atoms with Crippen LogP contribution in [0, 0.1) is 0 Å². The maximum Gasteiger partial charge on any atom is 0.573 e. The summed E-state index contributed by atoms with van der Waals surface area (Å²) in [6.45, 7) is 1.31. The fourth-order valence-corrected chi connectivity index (χ4v) is 4.13. The molecule has 3 N–H and O–H groups in total. The van der Waals surface area contributed by atoms with Crippen molar-refractivity contribution in [2.24, 2.45) is 0 Å². The van der Waals surface area contributed by atoms with Crippen LogP contribution in [0.25, 0.3) is 17.0 Å². The van der Waals surface area contributed by atoms with E-state index in [2.05, 4.69) is 35.0 Å². The minimum atomic E-state index is -4.88. The van der Waals surface area contributed by atoms with Gasteiger partial charge in [-0.2, -0.15) is 5.10 Å². The van der Waals surface area contributed by atoms with Crippen LogP contribution in [0.2, 0.25) is 5.02 Å². The van der Waals surface area contributed by atoms with Crippen LogP contribution in [0.5, 0.6) is 5.75 Å². The Morgan fingerprint density at radius 1 is 1.26 bits per heavy atom. The van der Waals surface area contributed by atoms with Crippen molar-refractivity contribution in [3.05, 3.63) is 59.5 Å². The number of halogens is 4. The predicted octanol–water partition coefficient (Wildman–Crippen LogP) is 3.80. The number of fused-ring (bicyclic) bond motifs is 1. The number of hydrogen-bond acceptors (Lipinski definition) is 7. The number of imidazole rings is 1. The van der Waals surface area contributed by atoms with Crippen molar-refractivity contribution in [3.63, 3.8) is 0 Å². The quantitative estimate of drug-likeness (QED) is 0.318. The molecule has 0 unspecified atom stereocenters. The summed E-state index contributed by atoms with van der Waals surface area (Å²) in [5.41, 5.74) is 0.919. The number of pyridine rings is 1. The Bertz CT molecular complexity index is 1400. The SMILES string of the molecule is O=C(NC1CCN(c2ccccn2)CC1)c1cnn(-c2nc3cc(OC(F)(F)F)c(Cl)cc3[nH]2)c1.O=CO. The molecule has 1 saturated heterocycles. The standard InChI is InChI=1S/C22H19ClF3N7O2.CH2O2/c23-15-9-16-17(10-18(15)35-22(24,25)26)31-21(30-16)33-12-13(11-28-33)20(34)29-14-4-7-32(8-5-14)19-3-1-2-6-27-19;2-1-3/h1-3,6,9-12,14H,4-5,7-8H2,(H,29,34)(H,30,31);1H,(H,2,3). The van der Waals surface area contributed by atoms with E-state index in [1.807, 2.05) is 18.2 Å². The smallest absolute Gasteiger partial charge is 0.483 e. The first-order chi connectivity index (χ1) is 18.2. The summed E-state index contributed by atoms with van der Waals surface area (Å²) in [5, 5.41) is 13.8. The first-order valence-corrected chi connectivity index (χ1v) is 11.6. The second kappa shape index (κ2) is 11.4. The molecule has 0 aliphatic carbocycles. The lowest BCUT2D eigenvalue weighted by molar-refractivity contribution is -0.274. The number of piperidine rings is 1. The van der Waals surface area contributed by atoms with Gasteiger partial charge in [-0.3, -0.25) is 9.59 Å². The molecule has 0 saturated carbocycles. The number of carbonyl (C=O) groups is 2. The number of carbonyl (C=O) groups excluding carboxylic acids is 1. The molecule has 1 aliphatic rings. The largest absolute Gasteiger partial charge is 0.573 e. The maximum absolute atomic E-state index is 12.7. The number of alkyl halides is 3. The molecule has 11 nitrogen and oxygen atoms in total. The summed E-state index contributed by atoms with van der Waals surface area (Å²) in [5.74, 6) is 0.303. The summed E-state index contributed by atoms with van der Waals surface area (Å²) in [6.07, 6.45) is 1.33. The van der Waals surface area contributed by atoms with Crippen LogP contribution in [0.3, 0.4) is 0 Å². The van der Waals surface area contributed by atoms with Crippen molar-refractivity contribution in [1.29, 1.82) is 0 Å². The molecule has 200 valence electrons. The summed E-state index contributed by atoms with van der Waals surface area (Å²) < 4.78 is 43.0. The Morgan fingerprint density at radius 3 is 2.66 bits per heavy atom. The van der Waals surface area contributed by atoms with Gasteiger partial charge in [-0.05, 0) is 31.0 Å². The predicted molar refractivity (Wildman–Crippen MR) is 131 cm³/mol. The van der Waals surface area contributed by atoms with Gasteiger partial charge in [0.1, 0.15) is 11.6 Å². The molecule has 38 heavy (non-hydrogen) atoms. The topological polar surface area (TPSA) is 138 Å². The second-order valence-corrected chi connectivity index (χ2v) is 8.52.